The summed E-state index contributed by atoms with van der Waals surface area (Å²) in [6.45, 7) is 0. The van der Waals surface area contributed by atoms with Crippen molar-refractivity contribution in [2.75, 3.05) is 5.75 Å². The SMILES string of the molecule is O=C1CCCC1CCSc1nn(-c2ccccc2)c(=S)s1. The molecular formula is C15H16N2OS3. The van der Waals surface area contributed by atoms with Crippen LogP contribution in [0.2, 0.25) is 0 Å². The van der Waals surface area contributed by atoms with Gasteiger partial charge in [0.2, 0.25) is 0 Å². The van der Waals surface area contributed by atoms with E-state index in [-0.39, 0.29) is 5.92 Å². The number of rotatable bonds is 5. The van der Waals surface area contributed by atoms with Gasteiger partial charge in [0.25, 0.3) is 0 Å². The first-order valence-corrected chi connectivity index (χ1v) is 9.26. The van der Waals surface area contributed by atoms with Crippen LogP contribution in [0, 0.1) is 9.87 Å². The fraction of sp³-hybridized carbons (Fsp3) is 0.400. The minimum Gasteiger partial charge on any atom is -0.299 e. The lowest BCUT2D eigenvalue weighted by Gasteiger charge is -2.05. The number of ketones is 1. The van der Waals surface area contributed by atoms with E-state index in [9.17, 15) is 4.79 Å². The maximum atomic E-state index is 11.6. The first-order valence-electron chi connectivity index (χ1n) is 7.05. The third kappa shape index (κ3) is 3.62. The standard InChI is InChI=1S/C15H16N2OS3/c18-13-8-4-5-11(13)9-10-20-14-16-17(15(19)21-14)12-6-2-1-3-7-12/h1-3,6-7,11H,4-5,8-10H2. The Morgan fingerprint density at radius 3 is 2.90 bits per heavy atom. The van der Waals surface area contributed by atoms with Gasteiger partial charge < -0.3 is 0 Å². The van der Waals surface area contributed by atoms with Crippen molar-refractivity contribution < 1.29 is 4.79 Å². The molecule has 21 heavy (non-hydrogen) atoms. The highest BCUT2D eigenvalue weighted by molar-refractivity contribution is 8.01. The molecule has 0 saturated heterocycles. The van der Waals surface area contributed by atoms with Crippen molar-refractivity contribution in [3.63, 3.8) is 0 Å². The van der Waals surface area contributed by atoms with Crippen LogP contribution in [-0.4, -0.2) is 21.3 Å². The number of Topliss-reactive ketones (excluding diaryl/α,β-unsaturated/α-hetero) is 1. The molecule has 1 saturated carbocycles. The van der Waals surface area contributed by atoms with Crippen LogP contribution >= 0.6 is 35.3 Å². The molecule has 1 unspecified atom stereocenters. The van der Waals surface area contributed by atoms with Gasteiger partial charge >= 0.3 is 0 Å². The molecule has 1 aliphatic carbocycles. The van der Waals surface area contributed by atoms with Crippen molar-refractivity contribution >= 4 is 41.1 Å². The number of carbonyl (C=O) groups excluding carboxylic acids is 1. The smallest absolute Gasteiger partial charge is 0.184 e. The number of hydrogen-bond donors (Lipinski definition) is 0. The van der Waals surface area contributed by atoms with Crippen LogP contribution in [0.1, 0.15) is 25.7 Å². The van der Waals surface area contributed by atoms with Crippen molar-refractivity contribution in [1.29, 1.82) is 0 Å². The van der Waals surface area contributed by atoms with Gasteiger partial charge in [-0.05, 0) is 43.6 Å². The number of carbonyl (C=O) groups is 1. The highest BCUT2D eigenvalue weighted by Gasteiger charge is 2.23. The van der Waals surface area contributed by atoms with E-state index >= 15 is 0 Å². The van der Waals surface area contributed by atoms with Gasteiger partial charge in [0.15, 0.2) is 8.29 Å². The first kappa shape index (κ1) is 14.9. The zero-order valence-corrected chi connectivity index (χ0v) is 14.0. The topological polar surface area (TPSA) is 34.9 Å². The van der Waals surface area contributed by atoms with Crippen molar-refractivity contribution in [2.24, 2.45) is 5.92 Å². The summed E-state index contributed by atoms with van der Waals surface area (Å²) in [5.41, 5.74) is 0.997. The minimum absolute atomic E-state index is 0.279. The van der Waals surface area contributed by atoms with Crippen LogP contribution in [0.5, 0.6) is 0 Å². The predicted octanol–water partition coefficient (Wildman–Crippen LogP) is 4.51. The summed E-state index contributed by atoms with van der Waals surface area (Å²) in [5.74, 6) is 1.66. The van der Waals surface area contributed by atoms with Gasteiger partial charge in [-0.25, -0.2) is 4.68 Å². The van der Waals surface area contributed by atoms with Gasteiger partial charge in [-0.2, -0.15) is 0 Å². The van der Waals surface area contributed by atoms with Crippen LogP contribution in [0.15, 0.2) is 34.7 Å². The summed E-state index contributed by atoms with van der Waals surface area (Å²) in [6, 6.07) is 9.94. The largest absolute Gasteiger partial charge is 0.299 e. The molecule has 3 rings (SSSR count). The van der Waals surface area contributed by atoms with Gasteiger partial charge in [-0.1, -0.05) is 41.3 Å². The average molecular weight is 337 g/mol. The summed E-state index contributed by atoms with van der Waals surface area (Å²) in [7, 11) is 0. The van der Waals surface area contributed by atoms with E-state index in [1.165, 1.54) is 11.3 Å². The van der Waals surface area contributed by atoms with E-state index < -0.39 is 0 Å². The quantitative estimate of drug-likeness (QED) is 0.594. The van der Waals surface area contributed by atoms with E-state index in [2.05, 4.69) is 5.10 Å². The molecule has 1 heterocycles. The summed E-state index contributed by atoms with van der Waals surface area (Å²) in [5, 5.41) is 4.57. The Morgan fingerprint density at radius 2 is 2.19 bits per heavy atom. The van der Waals surface area contributed by atoms with E-state index in [1.54, 1.807) is 11.8 Å². The monoisotopic (exact) mass is 336 g/mol. The lowest BCUT2D eigenvalue weighted by Crippen LogP contribution is -2.06. The van der Waals surface area contributed by atoms with Crippen molar-refractivity contribution in [2.45, 2.75) is 30.0 Å². The molecule has 0 radical (unpaired) electrons. The van der Waals surface area contributed by atoms with Gasteiger partial charge in [0.1, 0.15) is 5.78 Å². The Morgan fingerprint density at radius 1 is 1.38 bits per heavy atom. The molecule has 0 bridgehead atoms. The molecular weight excluding hydrogens is 320 g/mol. The lowest BCUT2D eigenvalue weighted by molar-refractivity contribution is -0.120. The Labute approximate surface area is 137 Å². The van der Waals surface area contributed by atoms with Crippen molar-refractivity contribution in [3.05, 3.63) is 34.3 Å². The van der Waals surface area contributed by atoms with Gasteiger partial charge in [0, 0.05) is 18.1 Å². The zero-order chi connectivity index (χ0) is 14.7. The van der Waals surface area contributed by atoms with Crippen molar-refractivity contribution in [1.82, 2.24) is 9.78 Å². The molecule has 110 valence electrons. The second-order valence-electron chi connectivity index (χ2n) is 5.07. The maximum absolute atomic E-state index is 11.6. The molecule has 1 fully saturated rings. The highest BCUT2D eigenvalue weighted by Crippen LogP contribution is 2.29. The molecule has 1 atom stereocenters. The average Bonchev–Trinajstić information content (AvgIpc) is 3.06. The number of aromatic nitrogens is 2. The van der Waals surface area contributed by atoms with Gasteiger partial charge in [-0.15, -0.1) is 5.10 Å². The van der Waals surface area contributed by atoms with E-state index in [0.29, 0.717) is 5.78 Å². The third-order valence-electron chi connectivity index (χ3n) is 3.65. The van der Waals surface area contributed by atoms with Gasteiger partial charge in [0.05, 0.1) is 5.69 Å². The van der Waals surface area contributed by atoms with Crippen LogP contribution in [0.4, 0.5) is 0 Å². The highest BCUT2D eigenvalue weighted by atomic mass is 32.2. The van der Waals surface area contributed by atoms with E-state index in [4.69, 9.17) is 12.2 Å². The molecule has 2 aromatic rings. The van der Waals surface area contributed by atoms with Crippen LogP contribution < -0.4 is 0 Å². The van der Waals surface area contributed by atoms with Crippen LogP contribution in [0.25, 0.3) is 5.69 Å². The number of thioether (sulfide) groups is 1. The molecule has 0 N–H and O–H groups in total. The lowest BCUT2D eigenvalue weighted by atomic mass is 10.1. The number of para-hydroxylation sites is 1. The van der Waals surface area contributed by atoms with E-state index in [1.807, 2.05) is 35.0 Å². The summed E-state index contributed by atoms with van der Waals surface area (Å²) in [4.78, 5) is 11.6. The van der Waals surface area contributed by atoms with Crippen molar-refractivity contribution in [3.8, 4) is 5.69 Å². The molecule has 0 aliphatic heterocycles. The second-order valence-corrected chi connectivity index (χ2v) is 8.04. The van der Waals surface area contributed by atoms with E-state index in [0.717, 1.165) is 45.4 Å². The van der Waals surface area contributed by atoms with Gasteiger partial charge in [-0.3, -0.25) is 4.79 Å². The second kappa shape index (κ2) is 6.85. The molecule has 1 aliphatic rings. The zero-order valence-electron chi connectivity index (χ0n) is 11.5. The number of nitrogens with zero attached hydrogens (tertiary/aromatic N) is 2. The molecule has 1 aromatic heterocycles. The Bertz CT molecular complexity index is 678. The molecule has 1 aromatic carbocycles. The fourth-order valence-corrected chi connectivity index (χ4v) is 5.02. The number of hydrogen-bond acceptors (Lipinski definition) is 5. The summed E-state index contributed by atoms with van der Waals surface area (Å²) >= 11 is 8.63. The maximum Gasteiger partial charge on any atom is 0.184 e. The molecule has 0 amide bonds. The number of benzene rings is 1. The van der Waals surface area contributed by atoms with Crippen LogP contribution in [-0.2, 0) is 4.79 Å². The minimum atomic E-state index is 0.279. The fourth-order valence-electron chi connectivity index (χ4n) is 2.53. The normalized spacial score (nSPS) is 18.3. The predicted molar refractivity (Wildman–Crippen MR) is 90.0 cm³/mol. The molecule has 3 nitrogen and oxygen atoms in total. The Hall–Kier alpha value is -0.980. The molecule has 6 heteroatoms. The third-order valence-corrected chi connectivity index (χ3v) is 6.05. The Kier molecular flexibility index (Phi) is 4.87. The molecule has 0 spiro atoms. The summed E-state index contributed by atoms with van der Waals surface area (Å²) in [6.07, 6.45) is 3.86. The van der Waals surface area contributed by atoms with Crippen LogP contribution in [0.3, 0.4) is 0 Å². The Balaban J connectivity index is 1.62. The summed E-state index contributed by atoms with van der Waals surface area (Å²) < 4.78 is 3.55. The first-order chi connectivity index (χ1) is 10.2.